The van der Waals surface area contributed by atoms with Crippen LogP contribution in [-0.2, 0) is 11.4 Å². The van der Waals surface area contributed by atoms with Crippen LogP contribution in [-0.4, -0.2) is 5.91 Å². The van der Waals surface area contributed by atoms with Crippen molar-refractivity contribution in [1.82, 2.24) is 0 Å². The van der Waals surface area contributed by atoms with Crippen molar-refractivity contribution < 1.29 is 9.53 Å². The van der Waals surface area contributed by atoms with Crippen LogP contribution in [0.3, 0.4) is 0 Å². The molecule has 0 saturated carbocycles. The zero-order chi connectivity index (χ0) is 18.8. The lowest BCUT2D eigenvalue weighted by Gasteiger charge is -2.07. The van der Waals surface area contributed by atoms with Crippen LogP contribution in [0.5, 0.6) is 5.75 Å². The van der Waals surface area contributed by atoms with Crippen LogP contribution in [0.15, 0.2) is 66.7 Å². The van der Waals surface area contributed by atoms with Gasteiger partial charge in [-0.05, 0) is 47.5 Å². The van der Waals surface area contributed by atoms with Crippen molar-refractivity contribution in [1.29, 1.82) is 0 Å². The lowest BCUT2D eigenvalue weighted by Crippen LogP contribution is -2.03. The number of benzene rings is 3. The summed E-state index contributed by atoms with van der Waals surface area (Å²) in [4.78, 5) is 12.2. The second kappa shape index (κ2) is 7.47. The molecule has 3 aromatic carbocycles. The van der Waals surface area contributed by atoms with Crippen molar-refractivity contribution in [3.05, 3.63) is 93.5 Å². The van der Waals surface area contributed by atoms with Crippen molar-refractivity contribution in [3.8, 4) is 5.75 Å². The van der Waals surface area contributed by atoms with Crippen molar-refractivity contribution in [2.24, 2.45) is 0 Å². The standard InChI is InChI=1S/C22H15Cl2NO2/c23-19-10-7-15(12-20(19)24)13-27-16-8-5-14(6-9-16)11-18-17-3-1-2-4-21(17)25-22(18)26/h1-12H,13H2,(H,25,26)/b18-11-. The van der Waals surface area contributed by atoms with Gasteiger partial charge in [-0.3, -0.25) is 4.79 Å². The van der Waals surface area contributed by atoms with E-state index in [9.17, 15) is 4.79 Å². The molecule has 3 aromatic rings. The lowest BCUT2D eigenvalue weighted by molar-refractivity contribution is -0.110. The Morgan fingerprint density at radius 1 is 0.926 bits per heavy atom. The van der Waals surface area contributed by atoms with Gasteiger partial charge in [0, 0.05) is 16.8 Å². The SMILES string of the molecule is O=C1Nc2ccccc2/C1=C/c1ccc(OCc2ccc(Cl)c(Cl)c2)cc1. The summed E-state index contributed by atoms with van der Waals surface area (Å²) in [5.41, 5.74) is 4.29. The molecule has 1 amide bonds. The number of fused-ring (bicyclic) bond motifs is 1. The van der Waals surface area contributed by atoms with Gasteiger partial charge in [-0.1, -0.05) is 59.6 Å². The van der Waals surface area contributed by atoms with Crippen LogP contribution in [0.4, 0.5) is 5.69 Å². The second-order valence-corrected chi connectivity index (χ2v) is 6.98. The smallest absolute Gasteiger partial charge is 0.256 e. The molecule has 0 atom stereocenters. The van der Waals surface area contributed by atoms with Crippen LogP contribution in [0.25, 0.3) is 11.6 Å². The fraction of sp³-hybridized carbons (Fsp3) is 0.0455. The van der Waals surface area contributed by atoms with Gasteiger partial charge >= 0.3 is 0 Å². The lowest BCUT2D eigenvalue weighted by atomic mass is 10.0. The molecule has 1 aliphatic heterocycles. The summed E-state index contributed by atoms with van der Waals surface area (Å²) in [6.45, 7) is 0.396. The molecule has 1 aliphatic rings. The molecular weight excluding hydrogens is 381 g/mol. The Bertz CT molecular complexity index is 1040. The summed E-state index contributed by atoms with van der Waals surface area (Å²) in [5.74, 6) is 0.649. The maximum absolute atomic E-state index is 12.2. The molecule has 0 bridgehead atoms. The van der Waals surface area contributed by atoms with Crippen LogP contribution >= 0.6 is 23.2 Å². The minimum atomic E-state index is -0.0869. The predicted molar refractivity (Wildman–Crippen MR) is 110 cm³/mol. The number of anilines is 1. The van der Waals surface area contributed by atoms with Crippen molar-refractivity contribution in [2.75, 3.05) is 5.32 Å². The molecule has 4 rings (SSSR count). The van der Waals surface area contributed by atoms with Crippen LogP contribution < -0.4 is 10.1 Å². The van der Waals surface area contributed by atoms with E-state index in [4.69, 9.17) is 27.9 Å². The van der Waals surface area contributed by atoms with E-state index < -0.39 is 0 Å². The first-order valence-corrected chi connectivity index (χ1v) is 9.15. The van der Waals surface area contributed by atoms with E-state index in [1.54, 1.807) is 12.1 Å². The summed E-state index contributed by atoms with van der Waals surface area (Å²) in [7, 11) is 0. The Morgan fingerprint density at radius 3 is 2.48 bits per heavy atom. The van der Waals surface area contributed by atoms with Gasteiger partial charge < -0.3 is 10.1 Å². The number of hydrogen-bond donors (Lipinski definition) is 1. The van der Waals surface area contributed by atoms with E-state index >= 15 is 0 Å². The van der Waals surface area contributed by atoms with Crippen molar-refractivity contribution in [3.63, 3.8) is 0 Å². The Hall–Kier alpha value is -2.75. The van der Waals surface area contributed by atoms with E-state index in [2.05, 4.69) is 5.32 Å². The number of halogens is 2. The zero-order valence-electron chi connectivity index (χ0n) is 14.2. The first-order valence-electron chi connectivity index (χ1n) is 8.39. The number of rotatable bonds is 4. The molecule has 27 heavy (non-hydrogen) atoms. The molecule has 5 heteroatoms. The van der Waals surface area contributed by atoms with Gasteiger partial charge in [0.25, 0.3) is 5.91 Å². The average Bonchev–Trinajstić information content (AvgIpc) is 2.99. The summed E-state index contributed by atoms with van der Waals surface area (Å²) in [5, 5.41) is 3.91. The molecule has 0 fully saturated rings. The number of hydrogen-bond acceptors (Lipinski definition) is 2. The average molecular weight is 396 g/mol. The van der Waals surface area contributed by atoms with Crippen LogP contribution in [0, 0.1) is 0 Å². The Morgan fingerprint density at radius 2 is 1.70 bits per heavy atom. The summed E-state index contributed by atoms with van der Waals surface area (Å²) in [6, 6.07) is 20.7. The van der Waals surface area contributed by atoms with Crippen molar-refractivity contribution in [2.45, 2.75) is 6.61 Å². The van der Waals surface area contributed by atoms with Crippen molar-refractivity contribution >= 4 is 46.4 Å². The highest BCUT2D eigenvalue weighted by atomic mass is 35.5. The molecule has 3 nitrogen and oxygen atoms in total. The molecule has 0 aromatic heterocycles. The molecule has 0 spiro atoms. The van der Waals surface area contributed by atoms with Crippen LogP contribution in [0.2, 0.25) is 10.0 Å². The van der Waals surface area contributed by atoms with Gasteiger partial charge in [0.2, 0.25) is 0 Å². The molecule has 0 aliphatic carbocycles. The molecule has 1 heterocycles. The van der Waals surface area contributed by atoms with E-state index in [0.717, 1.165) is 28.1 Å². The number of carbonyl (C=O) groups excluding carboxylic acids is 1. The summed E-state index contributed by atoms with van der Waals surface area (Å²) < 4.78 is 5.79. The van der Waals surface area contributed by atoms with Gasteiger partial charge in [-0.15, -0.1) is 0 Å². The number of para-hydroxylation sites is 1. The number of amides is 1. The van der Waals surface area contributed by atoms with E-state index in [0.29, 0.717) is 22.2 Å². The third-order valence-electron chi connectivity index (χ3n) is 4.29. The molecular formula is C22H15Cl2NO2. The largest absolute Gasteiger partial charge is 0.489 e. The Kier molecular flexibility index (Phi) is 4.88. The van der Waals surface area contributed by atoms with Gasteiger partial charge in [0.15, 0.2) is 0 Å². The first-order chi connectivity index (χ1) is 13.1. The second-order valence-electron chi connectivity index (χ2n) is 6.16. The van der Waals surface area contributed by atoms with Gasteiger partial charge in [0.1, 0.15) is 12.4 Å². The highest BCUT2D eigenvalue weighted by Gasteiger charge is 2.23. The van der Waals surface area contributed by atoms with Crippen LogP contribution in [0.1, 0.15) is 16.7 Å². The number of nitrogens with one attached hydrogen (secondary N) is 1. The fourth-order valence-electron chi connectivity index (χ4n) is 2.91. The van der Waals surface area contributed by atoms with E-state index in [1.165, 1.54) is 0 Å². The number of carbonyl (C=O) groups is 1. The van der Waals surface area contributed by atoms with E-state index in [1.807, 2.05) is 60.7 Å². The monoisotopic (exact) mass is 395 g/mol. The fourth-order valence-corrected chi connectivity index (χ4v) is 3.23. The molecule has 0 saturated heterocycles. The zero-order valence-corrected chi connectivity index (χ0v) is 15.7. The Labute approximate surface area is 167 Å². The third kappa shape index (κ3) is 3.85. The maximum Gasteiger partial charge on any atom is 0.256 e. The normalized spacial score (nSPS) is 14.1. The topological polar surface area (TPSA) is 38.3 Å². The molecule has 1 N–H and O–H groups in total. The molecule has 0 unspecified atom stereocenters. The third-order valence-corrected chi connectivity index (χ3v) is 5.03. The first kappa shape index (κ1) is 17.7. The van der Waals surface area contributed by atoms with E-state index in [-0.39, 0.29) is 5.91 Å². The molecule has 0 radical (unpaired) electrons. The quantitative estimate of drug-likeness (QED) is 0.544. The number of ether oxygens (including phenoxy) is 1. The summed E-state index contributed by atoms with van der Waals surface area (Å²) >= 11 is 11.9. The highest BCUT2D eigenvalue weighted by molar-refractivity contribution is 6.42. The highest BCUT2D eigenvalue weighted by Crippen LogP contribution is 2.33. The molecule has 134 valence electrons. The minimum Gasteiger partial charge on any atom is -0.489 e. The maximum atomic E-state index is 12.2. The van der Waals surface area contributed by atoms with Gasteiger partial charge in [0.05, 0.1) is 10.0 Å². The predicted octanol–water partition coefficient (Wildman–Crippen LogP) is 6.07. The van der Waals surface area contributed by atoms with Gasteiger partial charge in [-0.2, -0.15) is 0 Å². The Balaban J connectivity index is 1.48. The minimum absolute atomic E-state index is 0.0869. The summed E-state index contributed by atoms with van der Waals surface area (Å²) in [6.07, 6.45) is 1.88. The van der Waals surface area contributed by atoms with Gasteiger partial charge in [-0.25, -0.2) is 0 Å².